The molecule has 1 unspecified atom stereocenters. The van der Waals surface area contributed by atoms with Crippen molar-refractivity contribution in [2.24, 2.45) is 0 Å². The number of benzene rings is 2. The van der Waals surface area contributed by atoms with Crippen molar-refractivity contribution in [2.75, 3.05) is 7.11 Å². The van der Waals surface area contributed by atoms with E-state index in [4.69, 9.17) is 4.74 Å². The van der Waals surface area contributed by atoms with Crippen LogP contribution in [0.25, 0.3) is 10.9 Å². The summed E-state index contributed by atoms with van der Waals surface area (Å²) >= 11 is 0. The summed E-state index contributed by atoms with van der Waals surface area (Å²) in [5.74, 6) is 0.351. The quantitative estimate of drug-likeness (QED) is 0.547. The third-order valence-corrected chi connectivity index (χ3v) is 4.63. The van der Waals surface area contributed by atoms with Gasteiger partial charge in [0.05, 0.1) is 33.9 Å². The number of non-ortho nitro benzene ring substituents is 1. The lowest BCUT2D eigenvalue weighted by molar-refractivity contribution is -0.383. The highest BCUT2D eigenvalue weighted by atomic mass is 32.2. The number of nitro groups is 1. The van der Waals surface area contributed by atoms with Gasteiger partial charge in [-0.2, -0.15) is 0 Å². The average Bonchev–Trinajstić information content (AvgIpc) is 2.97. The molecule has 7 heteroatoms. The Bertz CT molecular complexity index is 874. The maximum atomic E-state index is 12.7. The molecule has 112 valence electrons. The number of nitro benzene ring substituents is 1. The molecule has 6 nitrogen and oxygen atoms in total. The van der Waals surface area contributed by atoms with E-state index in [1.807, 2.05) is 6.07 Å². The Morgan fingerprint density at radius 1 is 1.18 bits per heavy atom. The highest BCUT2D eigenvalue weighted by molar-refractivity contribution is 7.83. The minimum absolute atomic E-state index is 0.0711. The molecule has 0 radical (unpaired) electrons. The molecule has 0 bridgehead atoms. The first-order chi connectivity index (χ1) is 10.6. The number of methoxy groups -OCH3 is 1. The summed E-state index contributed by atoms with van der Waals surface area (Å²) in [4.78, 5) is 11.3. The van der Waals surface area contributed by atoms with Gasteiger partial charge in [-0.15, -0.1) is 0 Å². The summed E-state index contributed by atoms with van der Waals surface area (Å²) in [5, 5.41) is 11.6. The van der Waals surface area contributed by atoms with Gasteiger partial charge in [-0.1, -0.05) is 18.2 Å². The Kier molecular flexibility index (Phi) is 3.64. The minimum atomic E-state index is -1.48. The molecular weight excluding hydrogens is 304 g/mol. The number of ether oxygens (including phenoxy) is 1. The first-order valence-electron chi connectivity index (χ1n) is 6.42. The Balaban J connectivity index is 2.22. The SMILES string of the molecule is COc1cc([N+](=O)[O-])c2ccn(S(=O)c3ccccc3)c2c1. The predicted molar refractivity (Wildman–Crippen MR) is 83.4 cm³/mol. The fourth-order valence-electron chi connectivity index (χ4n) is 2.24. The summed E-state index contributed by atoms with van der Waals surface area (Å²) in [6, 6.07) is 13.5. The van der Waals surface area contributed by atoms with Crippen molar-refractivity contribution in [2.45, 2.75) is 4.90 Å². The standard InChI is InChI=1S/C15H12N2O4S/c1-21-11-9-14-13(15(10-11)17(18)19)7-8-16(14)22(20)12-5-3-2-4-6-12/h2-10H,1H3. The van der Waals surface area contributed by atoms with Crippen LogP contribution >= 0.6 is 0 Å². The summed E-state index contributed by atoms with van der Waals surface area (Å²) in [6.07, 6.45) is 1.58. The zero-order valence-electron chi connectivity index (χ0n) is 11.6. The fraction of sp³-hybridized carbons (Fsp3) is 0.0667. The van der Waals surface area contributed by atoms with Crippen molar-refractivity contribution in [3.8, 4) is 5.75 Å². The van der Waals surface area contributed by atoms with Gasteiger partial charge in [-0.25, -0.2) is 4.21 Å². The van der Waals surface area contributed by atoms with Crippen LogP contribution in [0.1, 0.15) is 0 Å². The number of aromatic nitrogens is 1. The van der Waals surface area contributed by atoms with E-state index in [2.05, 4.69) is 0 Å². The van der Waals surface area contributed by atoms with Crippen LogP contribution in [0.4, 0.5) is 5.69 Å². The van der Waals surface area contributed by atoms with Gasteiger partial charge in [0.25, 0.3) is 5.69 Å². The molecule has 0 spiro atoms. The van der Waals surface area contributed by atoms with Crippen LogP contribution in [-0.4, -0.2) is 20.2 Å². The van der Waals surface area contributed by atoms with Gasteiger partial charge in [0.1, 0.15) is 5.75 Å². The number of nitrogens with zero attached hydrogens (tertiary/aromatic N) is 2. The van der Waals surface area contributed by atoms with Gasteiger partial charge in [0, 0.05) is 12.3 Å². The molecule has 3 rings (SSSR count). The highest BCUT2D eigenvalue weighted by Crippen LogP contribution is 2.32. The predicted octanol–water partition coefficient (Wildman–Crippen LogP) is 3.13. The third kappa shape index (κ3) is 2.35. The molecule has 0 aliphatic carbocycles. The van der Waals surface area contributed by atoms with Crippen LogP contribution in [0.5, 0.6) is 5.75 Å². The van der Waals surface area contributed by atoms with E-state index in [-0.39, 0.29) is 5.69 Å². The van der Waals surface area contributed by atoms with Crippen molar-refractivity contribution in [3.63, 3.8) is 0 Å². The van der Waals surface area contributed by atoms with E-state index in [0.29, 0.717) is 21.5 Å². The zero-order valence-corrected chi connectivity index (χ0v) is 12.4. The second-order valence-electron chi connectivity index (χ2n) is 4.54. The van der Waals surface area contributed by atoms with Gasteiger partial charge in [0.15, 0.2) is 11.0 Å². The minimum Gasteiger partial charge on any atom is -0.496 e. The van der Waals surface area contributed by atoms with Crippen molar-refractivity contribution < 1.29 is 13.9 Å². The van der Waals surface area contributed by atoms with Crippen molar-refractivity contribution in [1.82, 2.24) is 3.97 Å². The zero-order chi connectivity index (χ0) is 15.7. The molecule has 0 aliphatic heterocycles. The van der Waals surface area contributed by atoms with Gasteiger partial charge in [-0.05, 0) is 18.2 Å². The Labute approximate surface area is 128 Å². The van der Waals surface area contributed by atoms with Crippen LogP contribution in [0.15, 0.2) is 59.6 Å². The molecule has 0 aliphatic rings. The third-order valence-electron chi connectivity index (χ3n) is 3.28. The maximum absolute atomic E-state index is 12.7. The first-order valence-corrected chi connectivity index (χ1v) is 7.53. The largest absolute Gasteiger partial charge is 0.496 e. The number of rotatable bonds is 4. The first kappa shape index (κ1) is 14.3. The van der Waals surface area contributed by atoms with Crippen molar-refractivity contribution in [3.05, 3.63) is 64.8 Å². The van der Waals surface area contributed by atoms with Crippen LogP contribution in [-0.2, 0) is 11.0 Å². The second-order valence-corrected chi connectivity index (χ2v) is 5.90. The average molecular weight is 316 g/mol. The normalized spacial score (nSPS) is 12.2. The summed E-state index contributed by atoms with van der Waals surface area (Å²) in [6.45, 7) is 0. The Morgan fingerprint density at radius 3 is 2.55 bits per heavy atom. The molecule has 0 fully saturated rings. The monoisotopic (exact) mass is 316 g/mol. The molecule has 0 amide bonds. The van der Waals surface area contributed by atoms with Crippen LogP contribution in [0, 0.1) is 10.1 Å². The maximum Gasteiger partial charge on any atom is 0.282 e. The lowest BCUT2D eigenvalue weighted by Gasteiger charge is -2.07. The number of hydrogen-bond donors (Lipinski definition) is 0. The van der Waals surface area contributed by atoms with Crippen LogP contribution in [0.3, 0.4) is 0 Å². The molecule has 0 N–H and O–H groups in total. The highest BCUT2D eigenvalue weighted by Gasteiger charge is 2.19. The smallest absolute Gasteiger partial charge is 0.282 e. The van der Waals surface area contributed by atoms with Crippen molar-refractivity contribution >= 4 is 27.6 Å². The van der Waals surface area contributed by atoms with E-state index in [1.54, 1.807) is 42.6 Å². The van der Waals surface area contributed by atoms with Crippen molar-refractivity contribution in [1.29, 1.82) is 0 Å². The summed E-state index contributed by atoms with van der Waals surface area (Å²) < 4.78 is 19.3. The van der Waals surface area contributed by atoms with E-state index < -0.39 is 15.9 Å². The van der Waals surface area contributed by atoms with E-state index in [9.17, 15) is 14.3 Å². The van der Waals surface area contributed by atoms with E-state index >= 15 is 0 Å². The molecule has 1 atom stereocenters. The number of fused-ring (bicyclic) bond motifs is 1. The van der Waals surface area contributed by atoms with Gasteiger partial charge >= 0.3 is 0 Å². The lowest BCUT2D eigenvalue weighted by atomic mass is 10.2. The number of hydrogen-bond acceptors (Lipinski definition) is 4. The molecule has 2 aromatic carbocycles. The van der Waals surface area contributed by atoms with E-state index in [0.717, 1.165) is 0 Å². The van der Waals surface area contributed by atoms with Crippen LogP contribution in [0.2, 0.25) is 0 Å². The molecular formula is C15H12N2O4S. The van der Waals surface area contributed by atoms with Gasteiger partial charge in [0.2, 0.25) is 0 Å². The lowest BCUT2D eigenvalue weighted by Crippen LogP contribution is -2.03. The molecule has 22 heavy (non-hydrogen) atoms. The van der Waals surface area contributed by atoms with Crippen LogP contribution < -0.4 is 4.74 Å². The summed E-state index contributed by atoms with van der Waals surface area (Å²) in [5.41, 5.74) is 0.423. The molecule has 1 aromatic heterocycles. The Morgan fingerprint density at radius 2 is 1.91 bits per heavy atom. The second kappa shape index (κ2) is 5.61. The topological polar surface area (TPSA) is 74.4 Å². The summed E-state index contributed by atoms with van der Waals surface area (Å²) in [7, 11) is -0.0467. The van der Waals surface area contributed by atoms with Gasteiger partial charge < -0.3 is 4.74 Å². The molecule has 0 saturated carbocycles. The fourth-order valence-corrected chi connectivity index (χ4v) is 3.36. The molecule has 1 heterocycles. The van der Waals surface area contributed by atoms with Gasteiger partial charge in [-0.3, -0.25) is 14.1 Å². The molecule has 3 aromatic rings. The van der Waals surface area contributed by atoms with E-state index in [1.165, 1.54) is 17.1 Å². The molecule has 0 saturated heterocycles. The Hall–Kier alpha value is -2.67.